The normalized spacial score (nSPS) is 11.7. The number of hydrogen-bond acceptors (Lipinski definition) is 3. The molecule has 0 saturated carbocycles. The Morgan fingerprint density at radius 3 is 2.67 bits per heavy atom. The van der Waals surface area contributed by atoms with Crippen molar-refractivity contribution in [1.82, 2.24) is 20.2 Å². The highest BCUT2D eigenvalue weighted by Gasteiger charge is 2.23. The maximum Gasteiger partial charge on any atom is 0.139 e. The second-order valence-electron chi connectivity index (χ2n) is 4.18. The van der Waals surface area contributed by atoms with E-state index >= 15 is 0 Å². The van der Waals surface area contributed by atoms with Gasteiger partial charge < -0.3 is 0 Å². The fourth-order valence-electron chi connectivity index (χ4n) is 1.58. The molecular weight excluding hydrogens is 188 g/mol. The molecule has 2 aromatic rings. The fourth-order valence-corrected chi connectivity index (χ4v) is 1.58. The largest absolute Gasteiger partial charge is 0.223 e. The lowest BCUT2D eigenvalue weighted by Gasteiger charge is -2.24. The molecule has 0 aliphatic heterocycles. The Bertz CT molecular complexity index is 445. The molecule has 78 valence electrons. The summed E-state index contributed by atoms with van der Waals surface area (Å²) in [6.07, 6.45) is 1.64. The summed E-state index contributed by atoms with van der Waals surface area (Å²) in [7, 11) is 0. The summed E-state index contributed by atoms with van der Waals surface area (Å²) >= 11 is 0. The van der Waals surface area contributed by atoms with Crippen LogP contribution in [0.1, 0.15) is 25.0 Å². The lowest BCUT2D eigenvalue weighted by Crippen LogP contribution is -2.28. The smallest absolute Gasteiger partial charge is 0.139 e. The van der Waals surface area contributed by atoms with Crippen LogP contribution in [-0.4, -0.2) is 20.2 Å². The second-order valence-corrected chi connectivity index (χ2v) is 4.18. The van der Waals surface area contributed by atoms with Crippen molar-refractivity contribution >= 4 is 0 Å². The van der Waals surface area contributed by atoms with Crippen LogP contribution in [0, 0.1) is 6.92 Å². The lowest BCUT2D eigenvalue weighted by atomic mass is 9.93. The monoisotopic (exact) mass is 202 g/mol. The minimum atomic E-state index is -0.213. The Hall–Kier alpha value is -1.71. The molecule has 0 bridgehead atoms. The number of nitrogens with zero attached hydrogens (tertiary/aromatic N) is 4. The van der Waals surface area contributed by atoms with Crippen LogP contribution < -0.4 is 0 Å². The first kappa shape index (κ1) is 9.83. The number of rotatable bonds is 2. The quantitative estimate of drug-likeness (QED) is 0.745. The zero-order valence-corrected chi connectivity index (χ0v) is 9.18. The van der Waals surface area contributed by atoms with Crippen LogP contribution in [0.15, 0.2) is 30.6 Å². The predicted octanol–water partition coefficient (Wildman–Crippen LogP) is 1.76. The molecule has 0 N–H and O–H groups in total. The first-order valence-electron chi connectivity index (χ1n) is 4.91. The van der Waals surface area contributed by atoms with Gasteiger partial charge in [0.2, 0.25) is 0 Å². The molecule has 0 unspecified atom stereocenters. The van der Waals surface area contributed by atoms with Crippen molar-refractivity contribution in [2.45, 2.75) is 26.3 Å². The van der Waals surface area contributed by atoms with E-state index in [1.807, 2.05) is 0 Å². The van der Waals surface area contributed by atoms with Crippen molar-refractivity contribution in [3.05, 3.63) is 41.7 Å². The van der Waals surface area contributed by atoms with Crippen LogP contribution in [0.5, 0.6) is 0 Å². The average Bonchev–Trinajstić information content (AvgIpc) is 2.71. The highest BCUT2D eigenvalue weighted by atomic mass is 15.5. The van der Waals surface area contributed by atoms with Crippen molar-refractivity contribution in [2.24, 2.45) is 0 Å². The highest BCUT2D eigenvalue weighted by Crippen LogP contribution is 2.24. The Morgan fingerprint density at radius 1 is 1.27 bits per heavy atom. The molecule has 0 saturated heterocycles. The summed E-state index contributed by atoms with van der Waals surface area (Å²) in [5.74, 6) is 0. The summed E-state index contributed by atoms with van der Waals surface area (Å²) in [6, 6.07) is 8.38. The van der Waals surface area contributed by atoms with Gasteiger partial charge in [-0.3, -0.25) is 0 Å². The van der Waals surface area contributed by atoms with Gasteiger partial charge >= 0.3 is 0 Å². The summed E-state index contributed by atoms with van der Waals surface area (Å²) in [6.45, 7) is 6.27. The molecule has 0 aliphatic rings. The first-order valence-corrected chi connectivity index (χ1v) is 4.91. The molecular formula is C11H14N4. The van der Waals surface area contributed by atoms with Gasteiger partial charge in [0.05, 0.1) is 5.54 Å². The fraction of sp³-hybridized carbons (Fsp3) is 0.364. The molecule has 1 aromatic carbocycles. The van der Waals surface area contributed by atoms with Gasteiger partial charge in [-0.1, -0.05) is 29.8 Å². The van der Waals surface area contributed by atoms with Crippen molar-refractivity contribution < 1.29 is 0 Å². The van der Waals surface area contributed by atoms with Gasteiger partial charge in [-0.2, -0.15) is 0 Å². The Kier molecular flexibility index (Phi) is 2.26. The number of aromatic nitrogens is 4. The molecule has 0 aliphatic carbocycles. The highest BCUT2D eigenvalue weighted by molar-refractivity contribution is 5.28. The minimum Gasteiger partial charge on any atom is -0.223 e. The zero-order valence-electron chi connectivity index (χ0n) is 9.18. The molecule has 1 heterocycles. The van der Waals surface area contributed by atoms with Gasteiger partial charge in [-0.15, -0.1) is 5.10 Å². The second kappa shape index (κ2) is 3.46. The van der Waals surface area contributed by atoms with E-state index in [9.17, 15) is 0 Å². The third kappa shape index (κ3) is 1.75. The molecule has 1 aromatic heterocycles. The molecule has 4 heteroatoms. The number of aryl methyl sites for hydroxylation is 1. The van der Waals surface area contributed by atoms with Crippen LogP contribution in [0.4, 0.5) is 0 Å². The minimum absolute atomic E-state index is 0.213. The predicted molar refractivity (Wildman–Crippen MR) is 57.4 cm³/mol. The first-order chi connectivity index (χ1) is 7.10. The van der Waals surface area contributed by atoms with Gasteiger partial charge in [0, 0.05) is 0 Å². The van der Waals surface area contributed by atoms with E-state index in [1.54, 1.807) is 11.0 Å². The van der Waals surface area contributed by atoms with Crippen LogP contribution >= 0.6 is 0 Å². The molecule has 2 rings (SSSR count). The molecule has 4 nitrogen and oxygen atoms in total. The van der Waals surface area contributed by atoms with Crippen molar-refractivity contribution in [3.63, 3.8) is 0 Å². The van der Waals surface area contributed by atoms with Crippen LogP contribution in [0.3, 0.4) is 0 Å². The number of benzene rings is 1. The van der Waals surface area contributed by atoms with Crippen LogP contribution in [-0.2, 0) is 5.54 Å². The van der Waals surface area contributed by atoms with Gasteiger partial charge in [0.25, 0.3) is 0 Å². The SMILES string of the molecule is Cc1cccc(C(C)(C)n2cnnn2)c1. The third-order valence-corrected chi connectivity index (χ3v) is 2.65. The standard InChI is InChI=1S/C11H14N4/c1-9-5-4-6-10(7-9)11(2,3)15-8-12-13-14-15/h4-8H,1-3H3. The van der Waals surface area contributed by atoms with Gasteiger partial charge in [-0.05, 0) is 36.8 Å². The Morgan fingerprint density at radius 2 is 2.07 bits per heavy atom. The third-order valence-electron chi connectivity index (χ3n) is 2.65. The molecule has 15 heavy (non-hydrogen) atoms. The number of tetrazole rings is 1. The van der Waals surface area contributed by atoms with Gasteiger partial charge in [-0.25, -0.2) is 4.68 Å². The van der Waals surface area contributed by atoms with E-state index in [0.717, 1.165) is 0 Å². The van der Waals surface area contributed by atoms with Gasteiger partial charge in [0.15, 0.2) is 0 Å². The zero-order chi connectivity index (χ0) is 10.9. The summed E-state index contributed by atoms with van der Waals surface area (Å²) in [4.78, 5) is 0. The van der Waals surface area contributed by atoms with E-state index in [2.05, 4.69) is 60.6 Å². The number of hydrogen-bond donors (Lipinski definition) is 0. The van der Waals surface area contributed by atoms with Crippen LogP contribution in [0.25, 0.3) is 0 Å². The Labute approximate surface area is 88.9 Å². The summed E-state index contributed by atoms with van der Waals surface area (Å²) in [5, 5.41) is 11.3. The van der Waals surface area contributed by atoms with E-state index in [1.165, 1.54) is 11.1 Å². The summed E-state index contributed by atoms with van der Waals surface area (Å²) < 4.78 is 1.77. The van der Waals surface area contributed by atoms with E-state index in [4.69, 9.17) is 0 Å². The van der Waals surface area contributed by atoms with E-state index in [0.29, 0.717) is 0 Å². The lowest BCUT2D eigenvalue weighted by molar-refractivity contribution is 0.380. The van der Waals surface area contributed by atoms with Crippen molar-refractivity contribution in [3.8, 4) is 0 Å². The molecule has 0 fully saturated rings. The maximum atomic E-state index is 3.95. The summed E-state index contributed by atoms with van der Waals surface area (Å²) in [5.41, 5.74) is 2.23. The molecule has 0 spiro atoms. The average molecular weight is 202 g/mol. The van der Waals surface area contributed by atoms with E-state index < -0.39 is 0 Å². The Balaban J connectivity index is 2.46. The van der Waals surface area contributed by atoms with Crippen molar-refractivity contribution in [2.75, 3.05) is 0 Å². The molecule has 0 radical (unpaired) electrons. The van der Waals surface area contributed by atoms with Gasteiger partial charge in [0.1, 0.15) is 6.33 Å². The molecule has 0 atom stereocenters. The van der Waals surface area contributed by atoms with Crippen molar-refractivity contribution in [1.29, 1.82) is 0 Å². The van der Waals surface area contributed by atoms with Crippen LogP contribution in [0.2, 0.25) is 0 Å². The van der Waals surface area contributed by atoms with E-state index in [-0.39, 0.29) is 5.54 Å². The topological polar surface area (TPSA) is 43.6 Å². The maximum absolute atomic E-state index is 3.95. The molecule has 0 amide bonds.